The van der Waals surface area contributed by atoms with Crippen molar-refractivity contribution in [2.24, 2.45) is 12.1 Å². The van der Waals surface area contributed by atoms with Crippen LogP contribution in [0.15, 0.2) is 41.5 Å². The molecule has 0 fully saturated rings. The van der Waals surface area contributed by atoms with Crippen LogP contribution >= 0.6 is 47.0 Å². The average Bonchev–Trinajstić information content (AvgIpc) is 3.12. The lowest BCUT2D eigenvalue weighted by atomic mass is 10.1. The van der Waals surface area contributed by atoms with Crippen molar-refractivity contribution in [3.63, 3.8) is 0 Å². The minimum Gasteiger partial charge on any atom is -0.504 e. The summed E-state index contributed by atoms with van der Waals surface area (Å²) in [5.41, 5.74) is 4.94. The molecule has 0 saturated heterocycles. The van der Waals surface area contributed by atoms with Crippen LogP contribution in [0.25, 0.3) is 11.3 Å². The fourth-order valence-electron chi connectivity index (χ4n) is 3.19. The van der Waals surface area contributed by atoms with Crippen LogP contribution in [-0.2, 0) is 11.8 Å². The Hall–Kier alpha value is -3.05. The van der Waals surface area contributed by atoms with Crippen LogP contribution in [-0.4, -0.2) is 43.4 Å². The summed E-state index contributed by atoms with van der Waals surface area (Å²) >= 11 is 23.5. The van der Waals surface area contributed by atoms with E-state index in [0.717, 1.165) is 0 Å². The molecule has 0 radical (unpaired) electrons. The third-order valence-electron chi connectivity index (χ3n) is 4.87. The minimum atomic E-state index is -0.898. The predicted molar refractivity (Wildman–Crippen MR) is 146 cm³/mol. The highest BCUT2D eigenvalue weighted by Crippen LogP contribution is 2.35. The van der Waals surface area contributed by atoms with Gasteiger partial charge in [0.05, 0.1) is 28.1 Å². The molecule has 4 N–H and O–H groups in total. The van der Waals surface area contributed by atoms with Gasteiger partial charge in [0.1, 0.15) is 11.4 Å². The second-order valence-corrected chi connectivity index (χ2v) is 9.21. The van der Waals surface area contributed by atoms with Crippen molar-refractivity contribution in [1.29, 1.82) is 0 Å². The third kappa shape index (κ3) is 7.01. The molecule has 0 aliphatic rings. The minimum absolute atomic E-state index is 0.00950. The molecule has 3 rings (SSSR count). The van der Waals surface area contributed by atoms with E-state index in [1.54, 1.807) is 50.4 Å². The Morgan fingerprint density at radius 2 is 1.94 bits per heavy atom. The SMILES string of the molecule is C/C(=N/NC(=S)Nc1ccc(Cl)cc1OCCCC(=O)O)c1nn(C)c(-c2ccc(Cl)c(Cl)c2)c1O. The molecule has 0 aliphatic heterocycles. The van der Waals surface area contributed by atoms with Gasteiger partial charge in [0.25, 0.3) is 0 Å². The highest BCUT2D eigenvalue weighted by molar-refractivity contribution is 7.80. The maximum atomic E-state index is 10.8. The first kappa shape index (κ1) is 27.5. The van der Waals surface area contributed by atoms with Crippen molar-refractivity contribution >= 4 is 69.5 Å². The molecule has 0 saturated carbocycles. The number of anilines is 1. The third-order valence-corrected chi connectivity index (χ3v) is 6.03. The van der Waals surface area contributed by atoms with E-state index in [2.05, 4.69) is 20.9 Å². The maximum Gasteiger partial charge on any atom is 0.303 e. The molecule has 13 heteroatoms. The number of aliphatic carboxylic acids is 1. The van der Waals surface area contributed by atoms with Crippen molar-refractivity contribution < 1.29 is 19.7 Å². The van der Waals surface area contributed by atoms with Gasteiger partial charge >= 0.3 is 5.97 Å². The van der Waals surface area contributed by atoms with Gasteiger partial charge in [0.2, 0.25) is 0 Å². The Morgan fingerprint density at radius 1 is 1.19 bits per heavy atom. The van der Waals surface area contributed by atoms with E-state index < -0.39 is 5.97 Å². The lowest BCUT2D eigenvalue weighted by Gasteiger charge is -2.14. The van der Waals surface area contributed by atoms with Gasteiger partial charge in [-0.15, -0.1) is 0 Å². The average molecular weight is 571 g/mol. The van der Waals surface area contributed by atoms with E-state index in [-0.39, 0.29) is 29.6 Å². The number of carboxylic acids is 1. The number of nitrogens with one attached hydrogen (secondary N) is 2. The number of aromatic nitrogens is 2. The van der Waals surface area contributed by atoms with Crippen molar-refractivity contribution in [2.75, 3.05) is 11.9 Å². The van der Waals surface area contributed by atoms with E-state index in [1.807, 2.05) is 0 Å². The number of hydrogen-bond acceptors (Lipinski definition) is 6. The van der Waals surface area contributed by atoms with E-state index in [9.17, 15) is 9.90 Å². The topological polar surface area (TPSA) is 121 Å². The van der Waals surface area contributed by atoms with Gasteiger partial charge in [-0.05, 0) is 49.8 Å². The highest BCUT2D eigenvalue weighted by Gasteiger charge is 2.20. The summed E-state index contributed by atoms with van der Waals surface area (Å²) in [4.78, 5) is 10.7. The normalized spacial score (nSPS) is 11.3. The molecule has 2 aromatic carbocycles. The fourth-order valence-corrected chi connectivity index (χ4v) is 3.80. The summed E-state index contributed by atoms with van der Waals surface area (Å²) in [5.74, 6) is -0.566. The van der Waals surface area contributed by atoms with E-state index in [0.29, 0.717) is 49.9 Å². The molecular formula is C23H22Cl3N5O4S. The molecule has 9 nitrogen and oxygen atoms in total. The Balaban J connectivity index is 1.71. The van der Waals surface area contributed by atoms with Crippen LogP contribution in [0.2, 0.25) is 15.1 Å². The summed E-state index contributed by atoms with van der Waals surface area (Å²) < 4.78 is 7.17. The number of rotatable bonds is 9. The Kier molecular flexibility index (Phi) is 9.38. The summed E-state index contributed by atoms with van der Waals surface area (Å²) in [6, 6.07) is 9.93. The first-order valence-corrected chi connectivity index (χ1v) is 12.1. The zero-order chi connectivity index (χ0) is 26.4. The summed E-state index contributed by atoms with van der Waals surface area (Å²) in [6.45, 7) is 1.86. The second-order valence-electron chi connectivity index (χ2n) is 7.55. The van der Waals surface area contributed by atoms with E-state index in [1.165, 1.54) is 4.68 Å². The molecule has 0 bridgehead atoms. The monoisotopic (exact) mass is 569 g/mol. The number of aromatic hydroxyl groups is 1. The zero-order valence-corrected chi connectivity index (χ0v) is 22.3. The number of halogens is 3. The molecule has 0 aliphatic carbocycles. The molecule has 1 aromatic heterocycles. The van der Waals surface area contributed by atoms with Gasteiger partial charge in [0.15, 0.2) is 16.6 Å². The number of aryl methyl sites for hydroxylation is 1. The molecular weight excluding hydrogens is 549 g/mol. The Labute approximate surface area is 227 Å². The molecule has 0 atom stereocenters. The number of carboxylic acid groups (broad SMARTS) is 1. The van der Waals surface area contributed by atoms with Crippen LogP contribution in [0.4, 0.5) is 5.69 Å². The lowest BCUT2D eigenvalue weighted by molar-refractivity contribution is -0.137. The van der Waals surface area contributed by atoms with E-state index in [4.69, 9.17) is 56.9 Å². The molecule has 3 aromatic rings. The number of nitrogens with zero attached hydrogens (tertiary/aromatic N) is 3. The lowest BCUT2D eigenvalue weighted by Crippen LogP contribution is -2.25. The molecule has 190 valence electrons. The number of hydrazone groups is 1. The van der Waals surface area contributed by atoms with Crippen molar-refractivity contribution in [3.05, 3.63) is 57.2 Å². The van der Waals surface area contributed by atoms with E-state index >= 15 is 0 Å². The zero-order valence-electron chi connectivity index (χ0n) is 19.2. The summed E-state index contributed by atoms with van der Waals surface area (Å²) in [7, 11) is 1.69. The van der Waals surface area contributed by atoms with Crippen molar-refractivity contribution in [1.82, 2.24) is 15.2 Å². The van der Waals surface area contributed by atoms with Crippen LogP contribution in [0, 0.1) is 0 Å². The van der Waals surface area contributed by atoms with Gasteiger partial charge in [-0.3, -0.25) is 14.9 Å². The van der Waals surface area contributed by atoms with Gasteiger partial charge in [-0.1, -0.05) is 40.9 Å². The number of benzene rings is 2. The number of ether oxygens (including phenoxy) is 1. The number of thiocarbonyl (C=S) groups is 1. The summed E-state index contributed by atoms with van der Waals surface area (Å²) in [5, 5.41) is 32.5. The van der Waals surface area contributed by atoms with Crippen LogP contribution in [0.1, 0.15) is 25.5 Å². The smallest absolute Gasteiger partial charge is 0.303 e. The molecule has 36 heavy (non-hydrogen) atoms. The molecule has 0 amide bonds. The number of hydrogen-bond donors (Lipinski definition) is 4. The van der Waals surface area contributed by atoms with Crippen LogP contribution in [0.3, 0.4) is 0 Å². The molecule has 1 heterocycles. The van der Waals surface area contributed by atoms with Gasteiger partial charge in [0, 0.05) is 30.1 Å². The van der Waals surface area contributed by atoms with Crippen molar-refractivity contribution in [3.8, 4) is 22.8 Å². The van der Waals surface area contributed by atoms with Crippen LogP contribution < -0.4 is 15.5 Å². The quantitative estimate of drug-likeness (QED) is 0.112. The largest absolute Gasteiger partial charge is 0.504 e. The molecule has 0 unspecified atom stereocenters. The first-order chi connectivity index (χ1) is 17.1. The fraction of sp³-hybridized carbons (Fsp3) is 0.217. The molecule has 0 spiro atoms. The maximum absolute atomic E-state index is 10.8. The van der Waals surface area contributed by atoms with Gasteiger partial charge < -0.3 is 20.3 Å². The second kappa shape index (κ2) is 12.3. The Bertz CT molecular complexity index is 1330. The summed E-state index contributed by atoms with van der Waals surface area (Å²) in [6.07, 6.45) is 0.329. The van der Waals surface area contributed by atoms with Gasteiger partial charge in [-0.2, -0.15) is 10.2 Å². The van der Waals surface area contributed by atoms with Crippen LogP contribution in [0.5, 0.6) is 11.5 Å². The first-order valence-electron chi connectivity index (χ1n) is 10.5. The van der Waals surface area contributed by atoms with Gasteiger partial charge in [-0.25, -0.2) is 0 Å². The Morgan fingerprint density at radius 3 is 2.64 bits per heavy atom. The standard InChI is InChI=1S/C23H22Cl3N5O4S/c1-12(20-22(34)21(31(2)30-20)13-5-7-15(25)16(26)10-13)28-29-23(36)27-17-8-6-14(24)11-18(17)35-9-3-4-19(32)33/h5-8,10-11,34H,3-4,9H2,1-2H3,(H,32,33)(H2,27,29,36)/b28-12-. The van der Waals surface area contributed by atoms with Crippen molar-refractivity contribution in [2.45, 2.75) is 19.8 Å². The predicted octanol–water partition coefficient (Wildman–Crippen LogP) is 5.71. The number of carbonyl (C=O) groups is 1. The highest BCUT2D eigenvalue weighted by atomic mass is 35.5.